The zero-order chi connectivity index (χ0) is 13.8. The number of aromatic nitrogens is 3. The number of hydrogen-bond donors (Lipinski definition) is 1. The third-order valence-electron chi connectivity index (χ3n) is 2.38. The number of aryl methyl sites for hydroxylation is 2. The molecule has 0 spiro atoms. The molecule has 19 heavy (non-hydrogen) atoms. The summed E-state index contributed by atoms with van der Waals surface area (Å²) < 4.78 is 0.878. The molecule has 0 amide bonds. The average molecular weight is 339 g/mol. The van der Waals surface area contributed by atoms with Gasteiger partial charge in [-0.15, -0.1) is 0 Å². The van der Waals surface area contributed by atoms with Gasteiger partial charge in [-0.1, -0.05) is 0 Å². The van der Waals surface area contributed by atoms with Crippen LogP contribution in [0.3, 0.4) is 0 Å². The summed E-state index contributed by atoms with van der Waals surface area (Å²) in [5.41, 5.74) is 2.21. The topological polar surface area (TPSA) is 50.7 Å². The Bertz CT molecular complexity index is 569. The molecule has 0 saturated carbocycles. The maximum Gasteiger partial charge on any atom is 0.144 e. The highest BCUT2D eigenvalue weighted by Crippen LogP contribution is 2.34. The third kappa shape index (κ3) is 3.67. The van der Waals surface area contributed by atoms with Gasteiger partial charge >= 0.3 is 0 Å². The van der Waals surface area contributed by atoms with Crippen LogP contribution in [0.4, 0.5) is 5.82 Å². The maximum atomic E-state index is 4.51. The van der Waals surface area contributed by atoms with E-state index in [0.717, 1.165) is 32.6 Å². The summed E-state index contributed by atoms with van der Waals surface area (Å²) in [5, 5.41) is 5.00. The number of rotatable bonds is 4. The fourth-order valence-electron chi connectivity index (χ4n) is 1.67. The van der Waals surface area contributed by atoms with Gasteiger partial charge in [-0.2, -0.15) is 0 Å². The fourth-order valence-corrected chi connectivity index (χ4v) is 3.18. The van der Waals surface area contributed by atoms with Crippen molar-refractivity contribution in [2.45, 2.75) is 30.8 Å². The van der Waals surface area contributed by atoms with Gasteiger partial charge in [0.15, 0.2) is 0 Å². The van der Waals surface area contributed by atoms with E-state index in [0.29, 0.717) is 0 Å². The summed E-state index contributed by atoms with van der Waals surface area (Å²) in [5.74, 6) is 0.810. The lowest BCUT2D eigenvalue weighted by Crippen LogP contribution is -2.01. The summed E-state index contributed by atoms with van der Waals surface area (Å²) in [6.45, 7) is 6.92. The van der Waals surface area contributed by atoms with Gasteiger partial charge in [-0.05, 0) is 66.2 Å². The summed E-state index contributed by atoms with van der Waals surface area (Å²) in [6.07, 6.45) is 1.56. The molecule has 1 N–H and O–H groups in total. The normalized spacial score (nSPS) is 10.5. The van der Waals surface area contributed by atoms with Crippen molar-refractivity contribution in [1.29, 1.82) is 0 Å². The quantitative estimate of drug-likeness (QED) is 0.858. The fraction of sp³-hybridized carbons (Fsp3) is 0.308. The Morgan fingerprint density at radius 3 is 2.74 bits per heavy atom. The molecule has 0 aliphatic heterocycles. The highest BCUT2D eigenvalue weighted by Gasteiger charge is 2.10. The molecule has 6 heteroatoms. The molecule has 0 unspecified atom stereocenters. The van der Waals surface area contributed by atoms with Gasteiger partial charge in [0.05, 0.1) is 4.47 Å². The van der Waals surface area contributed by atoms with E-state index in [9.17, 15) is 0 Å². The lowest BCUT2D eigenvalue weighted by molar-refractivity contribution is 0.995. The zero-order valence-electron chi connectivity index (χ0n) is 11.1. The summed E-state index contributed by atoms with van der Waals surface area (Å²) in [4.78, 5) is 13.0. The van der Waals surface area contributed by atoms with Crippen LogP contribution in [0.1, 0.15) is 18.2 Å². The molecule has 0 fully saturated rings. The van der Waals surface area contributed by atoms with Crippen molar-refractivity contribution in [2.24, 2.45) is 0 Å². The first-order valence-corrected chi connectivity index (χ1v) is 7.58. The second kappa shape index (κ2) is 6.34. The van der Waals surface area contributed by atoms with Crippen molar-refractivity contribution < 1.29 is 0 Å². The zero-order valence-corrected chi connectivity index (χ0v) is 13.5. The van der Waals surface area contributed by atoms with E-state index in [-0.39, 0.29) is 0 Å². The van der Waals surface area contributed by atoms with Crippen molar-refractivity contribution in [1.82, 2.24) is 15.0 Å². The second-order valence-corrected chi connectivity index (χ2v) is 5.90. The molecule has 2 aromatic rings. The summed E-state index contributed by atoms with van der Waals surface area (Å²) in [7, 11) is 0. The van der Waals surface area contributed by atoms with Crippen LogP contribution in [0.5, 0.6) is 0 Å². The van der Waals surface area contributed by atoms with E-state index in [1.54, 1.807) is 6.33 Å². The van der Waals surface area contributed by atoms with Crippen molar-refractivity contribution in [3.05, 3.63) is 34.2 Å². The largest absolute Gasteiger partial charge is 0.369 e. The number of pyridine rings is 1. The Kier molecular flexibility index (Phi) is 4.76. The molecule has 0 aliphatic carbocycles. The minimum atomic E-state index is 0.810. The third-order valence-corrected chi connectivity index (χ3v) is 4.31. The van der Waals surface area contributed by atoms with Crippen LogP contribution < -0.4 is 5.32 Å². The minimum Gasteiger partial charge on any atom is -0.369 e. The number of hydrogen-bond acceptors (Lipinski definition) is 5. The van der Waals surface area contributed by atoms with E-state index < -0.39 is 0 Å². The molecule has 0 atom stereocenters. The number of halogens is 1. The smallest absolute Gasteiger partial charge is 0.144 e. The SMILES string of the molecule is CCNc1ncnc(Sc2cc(C)cc(C)n2)c1Br. The van der Waals surface area contributed by atoms with Gasteiger partial charge in [-0.3, -0.25) is 0 Å². The molecule has 2 heterocycles. The lowest BCUT2D eigenvalue weighted by atomic mass is 10.3. The number of nitrogens with one attached hydrogen (secondary N) is 1. The first-order valence-electron chi connectivity index (χ1n) is 5.97. The van der Waals surface area contributed by atoms with Gasteiger partial charge in [0, 0.05) is 12.2 Å². The molecule has 0 bridgehead atoms. The highest BCUT2D eigenvalue weighted by atomic mass is 79.9. The summed E-state index contributed by atoms with van der Waals surface area (Å²) in [6, 6.07) is 4.11. The molecule has 0 aliphatic rings. The van der Waals surface area contributed by atoms with Crippen LogP contribution >= 0.6 is 27.7 Å². The van der Waals surface area contributed by atoms with Crippen molar-refractivity contribution in [3.63, 3.8) is 0 Å². The Labute approximate surface area is 125 Å². The van der Waals surface area contributed by atoms with Gasteiger partial charge in [0.2, 0.25) is 0 Å². The highest BCUT2D eigenvalue weighted by molar-refractivity contribution is 9.10. The van der Waals surface area contributed by atoms with E-state index in [2.05, 4.69) is 55.3 Å². The Morgan fingerprint density at radius 1 is 1.26 bits per heavy atom. The predicted molar refractivity (Wildman–Crippen MR) is 81.7 cm³/mol. The molecular weight excluding hydrogens is 324 g/mol. The first-order chi connectivity index (χ1) is 9.10. The van der Waals surface area contributed by atoms with Gasteiger partial charge in [-0.25, -0.2) is 15.0 Å². The maximum absolute atomic E-state index is 4.51. The number of nitrogens with zero attached hydrogens (tertiary/aromatic N) is 3. The van der Waals surface area contributed by atoms with E-state index in [4.69, 9.17) is 0 Å². The molecule has 0 saturated heterocycles. The summed E-state index contributed by atoms with van der Waals surface area (Å²) >= 11 is 5.07. The van der Waals surface area contributed by atoms with E-state index in [1.165, 1.54) is 17.3 Å². The Balaban J connectivity index is 2.30. The van der Waals surface area contributed by atoms with Crippen molar-refractivity contribution in [2.75, 3.05) is 11.9 Å². The van der Waals surface area contributed by atoms with Gasteiger partial charge in [0.1, 0.15) is 22.2 Å². The predicted octanol–water partition coefficient (Wildman–Crippen LogP) is 3.83. The Morgan fingerprint density at radius 2 is 2.05 bits per heavy atom. The second-order valence-electron chi connectivity index (χ2n) is 4.10. The van der Waals surface area contributed by atoms with E-state index >= 15 is 0 Å². The van der Waals surface area contributed by atoms with E-state index in [1.807, 2.05) is 13.8 Å². The van der Waals surface area contributed by atoms with Crippen molar-refractivity contribution >= 4 is 33.5 Å². The van der Waals surface area contributed by atoms with Crippen LogP contribution in [-0.2, 0) is 0 Å². The monoisotopic (exact) mass is 338 g/mol. The average Bonchev–Trinajstić information content (AvgIpc) is 2.33. The molecule has 4 nitrogen and oxygen atoms in total. The molecule has 100 valence electrons. The molecule has 2 rings (SSSR count). The van der Waals surface area contributed by atoms with Crippen LogP contribution in [0.15, 0.2) is 33.0 Å². The molecule has 0 radical (unpaired) electrons. The van der Waals surface area contributed by atoms with Crippen LogP contribution in [0.2, 0.25) is 0 Å². The van der Waals surface area contributed by atoms with Gasteiger partial charge in [0.25, 0.3) is 0 Å². The van der Waals surface area contributed by atoms with Crippen LogP contribution in [-0.4, -0.2) is 21.5 Å². The van der Waals surface area contributed by atoms with Gasteiger partial charge < -0.3 is 5.32 Å². The minimum absolute atomic E-state index is 0.810. The van der Waals surface area contributed by atoms with Crippen LogP contribution in [0.25, 0.3) is 0 Å². The first kappa shape index (κ1) is 14.3. The lowest BCUT2D eigenvalue weighted by Gasteiger charge is -2.08. The van der Waals surface area contributed by atoms with Crippen molar-refractivity contribution in [3.8, 4) is 0 Å². The molecule has 2 aromatic heterocycles. The molecule has 0 aromatic carbocycles. The molecular formula is C13H15BrN4S. The number of anilines is 1. The Hall–Kier alpha value is -1.14. The standard InChI is InChI=1S/C13H15BrN4S/c1-4-15-12-11(14)13(17-7-16-12)19-10-6-8(2)5-9(3)18-10/h5-7H,4H2,1-3H3,(H,15,16,17). The van der Waals surface area contributed by atoms with Crippen LogP contribution in [0, 0.1) is 13.8 Å².